The molecule has 0 amide bonds. The minimum absolute atomic E-state index is 0.0471. The van der Waals surface area contributed by atoms with Crippen molar-refractivity contribution in [1.29, 1.82) is 0 Å². The molecule has 1 aromatic carbocycles. The molecule has 116 valence electrons. The van der Waals surface area contributed by atoms with E-state index in [0.717, 1.165) is 0 Å². The van der Waals surface area contributed by atoms with Crippen LogP contribution in [0.1, 0.15) is 17.3 Å². The highest BCUT2D eigenvalue weighted by Crippen LogP contribution is 2.28. The first kappa shape index (κ1) is 16.5. The van der Waals surface area contributed by atoms with Gasteiger partial charge in [0, 0.05) is 5.56 Å². The molecular weight excluding hydrogens is 284 g/mol. The predicted octanol–water partition coefficient (Wildman–Crippen LogP) is 5.19. The van der Waals surface area contributed by atoms with Gasteiger partial charge in [0.2, 0.25) is 0 Å². The second-order valence-electron chi connectivity index (χ2n) is 5.35. The van der Waals surface area contributed by atoms with E-state index in [1.54, 1.807) is 42.5 Å². The van der Waals surface area contributed by atoms with Gasteiger partial charge < -0.3 is 4.74 Å². The van der Waals surface area contributed by atoms with Crippen molar-refractivity contribution in [2.45, 2.75) is 6.92 Å². The van der Waals surface area contributed by atoms with Gasteiger partial charge in [-0.15, -0.1) is 0 Å². The first-order valence-corrected chi connectivity index (χ1v) is 7.40. The average Bonchev–Trinajstić information content (AvgIpc) is 2.80. The molecule has 0 radical (unpaired) electrons. The Kier molecular flexibility index (Phi) is 5.32. The maximum absolute atomic E-state index is 12.8. The van der Waals surface area contributed by atoms with Gasteiger partial charge in [-0.25, -0.2) is 0 Å². The molecular formula is C21H20O2. The molecule has 0 N–H and O–H groups in total. The summed E-state index contributed by atoms with van der Waals surface area (Å²) in [7, 11) is 0. The van der Waals surface area contributed by atoms with Crippen LogP contribution in [-0.2, 0) is 0 Å². The molecule has 1 aromatic rings. The minimum atomic E-state index is -0.638. The molecule has 0 unspecified atom stereocenters. The molecule has 0 aromatic heterocycles. The number of allylic oxidation sites excluding steroid dienone is 9. The molecule has 0 fully saturated rings. The average molecular weight is 304 g/mol. The fourth-order valence-electron chi connectivity index (χ4n) is 2.23. The Morgan fingerprint density at radius 1 is 1.04 bits per heavy atom. The number of ketones is 1. The Labute approximate surface area is 137 Å². The number of carbonyl (C=O) groups excluding carboxylic acids is 1. The van der Waals surface area contributed by atoms with Crippen LogP contribution in [0.5, 0.6) is 5.75 Å². The van der Waals surface area contributed by atoms with Crippen LogP contribution in [0.4, 0.5) is 0 Å². The Morgan fingerprint density at radius 3 is 2.17 bits per heavy atom. The van der Waals surface area contributed by atoms with Gasteiger partial charge in [0.05, 0.1) is 5.41 Å². The van der Waals surface area contributed by atoms with Gasteiger partial charge in [-0.2, -0.15) is 0 Å². The quantitative estimate of drug-likeness (QED) is 0.410. The van der Waals surface area contributed by atoms with E-state index in [0.29, 0.717) is 17.1 Å². The molecule has 2 rings (SSSR count). The highest BCUT2D eigenvalue weighted by Gasteiger charge is 2.28. The topological polar surface area (TPSA) is 26.3 Å². The fraction of sp³-hybridized carbons (Fsp3) is 0.0952. The van der Waals surface area contributed by atoms with Gasteiger partial charge in [-0.1, -0.05) is 55.7 Å². The lowest BCUT2D eigenvalue weighted by molar-refractivity contribution is 0.0908. The summed E-state index contributed by atoms with van der Waals surface area (Å²) in [5, 5.41) is 0. The monoisotopic (exact) mass is 304 g/mol. The van der Waals surface area contributed by atoms with Crippen molar-refractivity contribution >= 4 is 5.78 Å². The van der Waals surface area contributed by atoms with Crippen LogP contribution in [0, 0.1) is 5.41 Å². The van der Waals surface area contributed by atoms with Crippen LogP contribution in [0.15, 0.2) is 97.9 Å². The van der Waals surface area contributed by atoms with E-state index in [1.807, 2.05) is 43.4 Å². The van der Waals surface area contributed by atoms with Crippen molar-refractivity contribution in [3.63, 3.8) is 0 Å². The lowest BCUT2D eigenvalue weighted by Gasteiger charge is -2.20. The molecule has 1 aliphatic rings. The molecule has 0 spiro atoms. The van der Waals surface area contributed by atoms with Gasteiger partial charge in [0.15, 0.2) is 5.78 Å². The van der Waals surface area contributed by atoms with E-state index < -0.39 is 5.41 Å². The number of rotatable bonds is 6. The lowest BCUT2D eigenvalue weighted by Crippen LogP contribution is -2.23. The Bertz CT molecular complexity index is 697. The van der Waals surface area contributed by atoms with Crippen molar-refractivity contribution in [1.82, 2.24) is 0 Å². The standard InChI is InChI=1S/C21H20O2/c1-4-10-18(5-2)23-19-13-11-17(12-14-19)20(22)21(3)15-8-6-7-9-16-21/h4-16H,1-2H2,3H3/b18-10+. The predicted molar refractivity (Wildman–Crippen MR) is 95.4 cm³/mol. The number of ether oxygens (including phenoxy) is 1. The Hall–Kier alpha value is -2.87. The third kappa shape index (κ3) is 4.07. The smallest absolute Gasteiger partial charge is 0.176 e. The van der Waals surface area contributed by atoms with Gasteiger partial charge in [0.25, 0.3) is 0 Å². The minimum Gasteiger partial charge on any atom is -0.457 e. The molecule has 0 heterocycles. The number of hydrogen-bond donors (Lipinski definition) is 0. The number of hydrogen-bond acceptors (Lipinski definition) is 2. The fourth-order valence-corrected chi connectivity index (χ4v) is 2.23. The number of benzene rings is 1. The summed E-state index contributed by atoms with van der Waals surface area (Å²) in [6.07, 6.45) is 16.4. The van der Waals surface area contributed by atoms with E-state index in [4.69, 9.17) is 4.74 Å². The highest BCUT2D eigenvalue weighted by molar-refractivity contribution is 6.03. The van der Waals surface area contributed by atoms with E-state index in [-0.39, 0.29) is 5.78 Å². The van der Waals surface area contributed by atoms with E-state index in [2.05, 4.69) is 13.2 Å². The zero-order valence-electron chi connectivity index (χ0n) is 13.2. The molecule has 2 heteroatoms. The third-order valence-electron chi connectivity index (χ3n) is 3.54. The second-order valence-corrected chi connectivity index (χ2v) is 5.35. The van der Waals surface area contributed by atoms with Crippen molar-refractivity contribution in [3.8, 4) is 5.75 Å². The Morgan fingerprint density at radius 2 is 1.65 bits per heavy atom. The SMILES string of the molecule is C=C/C=C(\C=C)Oc1ccc(C(=O)C2(C)C=CC=CC=C2)cc1. The van der Waals surface area contributed by atoms with Gasteiger partial charge in [0.1, 0.15) is 11.5 Å². The van der Waals surface area contributed by atoms with E-state index in [1.165, 1.54) is 0 Å². The summed E-state index contributed by atoms with van der Waals surface area (Å²) >= 11 is 0. The van der Waals surface area contributed by atoms with Crippen LogP contribution >= 0.6 is 0 Å². The summed E-state index contributed by atoms with van der Waals surface area (Å²) in [5.41, 5.74) is 0.00450. The third-order valence-corrected chi connectivity index (χ3v) is 3.54. The maximum atomic E-state index is 12.8. The van der Waals surface area contributed by atoms with Crippen LogP contribution in [0.3, 0.4) is 0 Å². The summed E-state index contributed by atoms with van der Waals surface area (Å²) in [5.74, 6) is 1.30. The zero-order chi connectivity index (χ0) is 16.7. The summed E-state index contributed by atoms with van der Waals surface area (Å²) in [6.45, 7) is 9.22. The van der Waals surface area contributed by atoms with E-state index >= 15 is 0 Å². The largest absolute Gasteiger partial charge is 0.457 e. The molecule has 0 saturated heterocycles. The molecule has 0 aliphatic heterocycles. The normalized spacial score (nSPS) is 15.8. The van der Waals surface area contributed by atoms with Crippen molar-refractivity contribution in [2.75, 3.05) is 0 Å². The Balaban J connectivity index is 2.19. The molecule has 2 nitrogen and oxygen atoms in total. The van der Waals surface area contributed by atoms with Gasteiger partial charge >= 0.3 is 0 Å². The molecule has 0 atom stereocenters. The molecule has 23 heavy (non-hydrogen) atoms. The van der Waals surface area contributed by atoms with Crippen LogP contribution < -0.4 is 4.74 Å². The maximum Gasteiger partial charge on any atom is 0.176 e. The van der Waals surface area contributed by atoms with Crippen LogP contribution in [0.2, 0.25) is 0 Å². The molecule has 0 bridgehead atoms. The molecule has 1 aliphatic carbocycles. The van der Waals surface area contributed by atoms with Gasteiger partial charge in [-0.05, 0) is 43.3 Å². The lowest BCUT2D eigenvalue weighted by atomic mass is 9.82. The highest BCUT2D eigenvalue weighted by atomic mass is 16.5. The zero-order valence-corrected chi connectivity index (χ0v) is 13.2. The first-order valence-electron chi connectivity index (χ1n) is 7.40. The van der Waals surface area contributed by atoms with Gasteiger partial charge in [-0.3, -0.25) is 4.79 Å². The van der Waals surface area contributed by atoms with Crippen LogP contribution in [0.25, 0.3) is 0 Å². The van der Waals surface area contributed by atoms with E-state index in [9.17, 15) is 4.79 Å². The molecule has 0 saturated carbocycles. The summed E-state index contributed by atoms with van der Waals surface area (Å²) in [6, 6.07) is 7.11. The summed E-state index contributed by atoms with van der Waals surface area (Å²) < 4.78 is 5.65. The number of Topliss-reactive ketones (excluding diaryl/α,β-unsaturated/α-hetero) is 1. The van der Waals surface area contributed by atoms with Crippen molar-refractivity contribution < 1.29 is 9.53 Å². The second kappa shape index (κ2) is 7.41. The van der Waals surface area contributed by atoms with Crippen molar-refractivity contribution in [2.24, 2.45) is 5.41 Å². The summed E-state index contributed by atoms with van der Waals surface area (Å²) in [4.78, 5) is 12.8. The van der Waals surface area contributed by atoms with Crippen LogP contribution in [-0.4, -0.2) is 5.78 Å². The number of carbonyl (C=O) groups is 1. The first-order chi connectivity index (χ1) is 11.1. The van der Waals surface area contributed by atoms with Crippen molar-refractivity contribution in [3.05, 3.63) is 103 Å².